The molecule has 0 unspecified atom stereocenters. The SMILES string of the molecule is CCCCc1nn2c(C)c(-c3ccc(Cl)cc3)nc2s1. The third-order valence-corrected chi connectivity index (χ3v) is 4.55. The molecule has 0 spiro atoms. The van der Waals surface area contributed by atoms with Gasteiger partial charge in [-0.3, -0.25) is 0 Å². The van der Waals surface area contributed by atoms with Crippen molar-refractivity contribution < 1.29 is 0 Å². The molecule has 0 bridgehead atoms. The molecule has 0 saturated carbocycles. The van der Waals surface area contributed by atoms with Crippen molar-refractivity contribution >= 4 is 27.9 Å². The van der Waals surface area contributed by atoms with E-state index in [2.05, 4.69) is 18.9 Å². The van der Waals surface area contributed by atoms with Crippen molar-refractivity contribution in [3.63, 3.8) is 0 Å². The Morgan fingerprint density at radius 2 is 2.00 bits per heavy atom. The number of unbranched alkanes of at least 4 members (excludes halogenated alkanes) is 1. The van der Waals surface area contributed by atoms with E-state index in [4.69, 9.17) is 16.6 Å². The van der Waals surface area contributed by atoms with E-state index in [0.29, 0.717) is 0 Å². The van der Waals surface area contributed by atoms with E-state index in [0.717, 1.165) is 33.4 Å². The van der Waals surface area contributed by atoms with Gasteiger partial charge >= 0.3 is 0 Å². The Morgan fingerprint density at radius 1 is 1.25 bits per heavy atom. The lowest BCUT2D eigenvalue weighted by atomic mass is 10.1. The summed E-state index contributed by atoms with van der Waals surface area (Å²) in [5.74, 6) is 0. The van der Waals surface area contributed by atoms with E-state index in [1.165, 1.54) is 17.8 Å². The van der Waals surface area contributed by atoms with Crippen LogP contribution < -0.4 is 0 Å². The van der Waals surface area contributed by atoms with Gasteiger partial charge in [0.2, 0.25) is 4.96 Å². The Hall–Kier alpha value is -1.39. The number of hydrogen-bond donors (Lipinski definition) is 0. The van der Waals surface area contributed by atoms with Gasteiger partial charge in [0.05, 0.1) is 11.4 Å². The lowest BCUT2D eigenvalue weighted by molar-refractivity contribution is 0.766. The third-order valence-electron chi connectivity index (χ3n) is 3.33. The first kappa shape index (κ1) is 13.6. The molecule has 2 aromatic heterocycles. The molecular formula is C15H16ClN3S. The van der Waals surface area contributed by atoms with E-state index in [-0.39, 0.29) is 0 Å². The summed E-state index contributed by atoms with van der Waals surface area (Å²) in [6.07, 6.45) is 3.41. The fraction of sp³-hybridized carbons (Fsp3) is 0.333. The number of aromatic nitrogens is 3. The van der Waals surface area contributed by atoms with E-state index in [9.17, 15) is 0 Å². The van der Waals surface area contributed by atoms with E-state index in [1.807, 2.05) is 28.8 Å². The minimum absolute atomic E-state index is 0.743. The van der Waals surface area contributed by atoms with Crippen LogP contribution in [0.5, 0.6) is 0 Å². The van der Waals surface area contributed by atoms with E-state index >= 15 is 0 Å². The number of nitrogens with zero attached hydrogens (tertiary/aromatic N) is 3. The molecule has 104 valence electrons. The number of imidazole rings is 1. The van der Waals surface area contributed by atoms with Crippen molar-refractivity contribution in [2.75, 3.05) is 0 Å². The Balaban J connectivity index is 1.99. The van der Waals surface area contributed by atoms with Gasteiger partial charge in [0, 0.05) is 17.0 Å². The number of benzene rings is 1. The molecule has 1 aromatic carbocycles. The fourth-order valence-electron chi connectivity index (χ4n) is 2.20. The molecule has 0 N–H and O–H groups in total. The summed E-state index contributed by atoms with van der Waals surface area (Å²) in [5, 5.41) is 6.57. The Morgan fingerprint density at radius 3 is 2.65 bits per heavy atom. The summed E-state index contributed by atoms with van der Waals surface area (Å²) in [4.78, 5) is 5.69. The summed E-state index contributed by atoms with van der Waals surface area (Å²) in [7, 11) is 0. The molecule has 0 amide bonds. The van der Waals surface area contributed by atoms with Crippen molar-refractivity contribution in [3.8, 4) is 11.3 Å². The number of hydrogen-bond acceptors (Lipinski definition) is 3. The van der Waals surface area contributed by atoms with Crippen LogP contribution in [0.2, 0.25) is 5.02 Å². The Kier molecular flexibility index (Phi) is 3.76. The average Bonchev–Trinajstić information content (AvgIpc) is 2.97. The van der Waals surface area contributed by atoms with Gasteiger partial charge in [-0.05, 0) is 25.5 Å². The zero-order valence-corrected chi connectivity index (χ0v) is 13.1. The van der Waals surface area contributed by atoms with Crippen molar-refractivity contribution in [2.24, 2.45) is 0 Å². The van der Waals surface area contributed by atoms with Crippen molar-refractivity contribution in [1.82, 2.24) is 14.6 Å². The number of halogens is 1. The highest BCUT2D eigenvalue weighted by Gasteiger charge is 2.14. The van der Waals surface area contributed by atoms with Gasteiger partial charge in [0.15, 0.2) is 0 Å². The van der Waals surface area contributed by atoms with Crippen molar-refractivity contribution in [3.05, 3.63) is 40.0 Å². The van der Waals surface area contributed by atoms with Crippen LogP contribution in [0.15, 0.2) is 24.3 Å². The van der Waals surface area contributed by atoms with Gasteiger partial charge in [0.25, 0.3) is 0 Å². The summed E-state index contributed by atoms with van der Waals surface area (Å²) < 4.78 is 1.96. The summed E-state index contributed by atoms with van der Waals surface area (Å²) >= 11 is 7.61. The van der Waals surface area contributed by atoms with Crippen LogP contribution in [-0.4, -0.2) is 14.6 Å². The first-order valence-electron chi connectivity index (χ1n) is 6.80. The normalized spacial score (nSPS) is 11.3. The fourth-order valence-corrected chi connectivity index (χ4v) is 3.31. The third kappa shape index (κ3) is 2.45. The Labute approximate surface area is 127 Å². The molecule has 0 aliphatic carbocycles. The predicted octanol–water partition coefficient (Wildman–Crippen LogP) is 4.76. The maximum Gasteiger partial charge on any atom is 0.212 e. The molecule has 0 atom stereocenters. The molecule has 2 heterocycles. The highest BCUT2D eigenvalue weighted by molar-refractivity contribution is 7.16. The second kappa shape index (κ2) is 5.54. The maximum atomic E-state index is 5.93. The maximum absolute atomic E-state index is 5.93. The lowest BCUT2D eigenvalue weighted by Crippen LogP contribution is -1.91. The summed E-state index contributed by atoms with van der Waals surface area (Å²) in [6, 6.07) is 7.79. The highest BCUT2D eigenvalue weighted by atomic mass is 35.5. The standard InChI is InChI=1S/C15H16ClN3S/c1-3-4-5-13-18-19-10(2)14(17-15(19)20-13)11-6-8-12(16)9-7-11/h6-9H,3-5H2,1-2H3. The van der Waals surface area contributed by atoms with E-state index < -0.39 is 0 Å². The predicted molar refractivity (Wildman–Crippen MR) is 84.7 cm³/mol. The van der Waals surface area contributed by atoms with Crippen LogP contribution in [0.3, 0.4) is 0 Å². The van der Waals surface area contributed by atoms with Gasteiger partial charge in [-0.15, -0.1) is 0 Å². The first-order chi connectivity index (χ1) is 9.69. The van der Waals surface area contributed by atoms with Gasteiger partial charge in [-0.2, -0.15) is 5.10 Å². The molecule has 0 fully saturated rings. The minimum atomic E-state index is 0.743. The molecule has 0 saturated heterocycles. The van der Waals surface area contributed by atoms with Crippen LogP contribution in [-0.2, 0) is 6.42 Å². The van der Waals surface area contributed by atoms with Gasteiger partial charge in [-0.25, -0.2) is 9.50 Å². The molecule has 0 radical (unpaired) electrons. The highest BCUT2D eigenvalue weighted by Crippen LogP contribution is 2.27. The summed E-state index contributed by atoms with van der Waals surface area (Å²) in [5.41, 5.74) is 3.16. The topological polar surface area (TPSA) is 30.2 Å². The van der Waals surface area contributed by atoms with Gasteiger partial charge in [0.1, 0.15) is 5.01 Å². The molecule has 3 aromatic rings. The monoisotopic (exact) mass is 305 g/mol. The van der Waals surface area contributed by atoms with Crippen molar-refractivity contribution in [2.45, 2.75) is 33.1 Å². The average molecular weight is 306 g/mol. The molecule has 3 rings (SSSR count). The van der Waals surface area contributed by atoms with E-state index in [1.54, 1.807) is 11.3 Å². The molecule has 3 nitrogen and oxygen atoms in total. The van der Waals surface area contributed by atoms with Crippen molar-refractivity contribution in [1.29, 1.82) is 0 Å². The second-order valence-corrected chi connectivity index (χ2v) is 6.32. The van der Waals surface area contributed by atoms with Gasteiger partial charge < -0.3 is 0 Å². The molecular weight excluding hydrogens is 290 g/mol. The molecule has 0 aliphatic heterocycles. The molecule has 20 heavy (non-hydrogen) atoms. The van der Waals surface area contributed by atoms with Crippen LogP contribution in [0.1, 0.15) is 30.5 Å². The number of aryl methyl sites for hydroxylation is 2. The second-order valence-electron chi connectivity index (χ2n) is 4.85. The molecule has 0 aliphatic rings. The van der Waals surface area contributed by atoms with Crippen LogP contribution in [0, 0.1) is 6.92 Å². The number of fused-ring (bicyclic) bond motifs is 1. The largest absolute Gasteiger partial charge is 0.217 e. The minimum Gasteiger partial charge on any atom is -0.217 e. The molecule has 5 heteroatoms. The Bertz CT molecular complexity index is 727. The summed E-state index contributed by atoms with van der Waals surface area (Å²) in [6.45, 7) is 4.26. The lowest BCUT2D eigenvalue weighted by Gasteiger charge is -1.99. The van der Waals surface area contributed by atoms with Crippen LogP contribution >= 0.6 is 22.9 Å². The van der Waals surface area contributed by atoms with Crippen LogP contribution in [0.25, 0.3) is 16.2 Å². The van der Waals surface area contributed by atoms with Crippen LogP contribution in [0.4, 0.5) is 0 Å². The van der Waals surface area contributed by atoms with Gasteiger partial charge in [-0.1, -0.05) is 48.4 Å². The zero-order chi connectivity index (χ0) is 14.1. The zero-order valence-electron chi connectivity index (χ0n) is 11.6. The first-order valence-corrected chi connectivity index (χ1v) is 7.99. The quantitative estimate of drug-likeness (QED) is 0.695. The smallest absolute Gasteiger partial charge is 0.212 e. The number of rotatable bonds is 4.